The molecule has 0 aliphatic rings. The monoisotopic (exact) mass is 302 g/mol. The topological polar surface area (TPSA) is 15.3 Å². The molecule has 0 heterocycles. The Morgan fingerprint density at radius 1 is 1.10 bits per heavy atom. The van der Waals surface area contributed by atoms with Crippen molar-refractivity contribution in [1.82, 2.24) is 5.32 Å². The lowest BCUT2D eigenvalue weighted by atomic mass is 10.1. The summed E-state index contributed by atoms with van der Waals surface area (Å²) >= 11 is 6.40. The Morgan fingerprint density at radius 2 is 1.81 bits per heavy atom. The largest absolute Gasteiger partial charge is 0.344 e. The van der Waals surface area contributed by atoms with Gasteiger partial charge in [-0.15, -0.1) is 0 Å². The standard InChI is InChI=1S/C18H23ClN2/c1-4-12-20-13-16-17(19)6-5-7-18(16)21(3)15-10-8-14(2)9-11-15/h5-11,20H,4,12-13H2,1-3H3. The first-order chi connectivity index (χ1) is 10.1. The first kappa shape index (κ1) is 15.9. The third kappa shape index (κ3) is 3.99. The van der Waals surface area contributed by atoms with E-state index in [4.69, 9.17) is 11.6 Å². The first-order valence-corrected chi connectivity index (χ1v) is 7.79. The van der Waals surface area contributed by atoms with Crippen molar-refractivity contribution < 1.29 is 0 Å². The smallest absolute Gasteiger partial charge is 0.0471 e. The summed E-state index contributed by atoms with van der Waals surface area (Å²) in [7, 11) is 2.08. The SMILES string of the molecule is CCCNCc1c(Cl)cccc1N(C)c1ccc(C)cc1. The van der Waals surface area contributed by atoms with Crippen molar-refractivity contribution in [1.29, 1.82) is 0 Å². The van der Waals surface area contributed by atoms with E-state index < -0.39 is 0 Å². The maximum Gasteiger partial charge on any atom is 0.0471 e. The number of benzene rings is 2. The summed E-state index contributed by atoms with van der Waals surface area (Å²) in [6.45, 7) is 6.06. The van der Waals surface area contributed by atoms with Crippen LogP contribution in [0.3, 0.4) is 0 Å². The van der Waals surface area contributed by atoms with Gasteiger partial charge in [0.05, 0.1) is 0 Å². The highest BCUT2D eigenvalue weighted by Gasteiger charge is 2.12. The van der Waals surface area contributed by atoms with Gasteiger partial charge in [-0.25, -0.2) is 0 Å². The van der Waals surface area contributed by atoms with Crippen molar-refractivity contribution >= 4 is 23.0 Å². The van der Waals surface area contributed by atoms with Gasteiger partial charge in [0.2, 0.25) is 0 Å². The lowest BCUT2D eigenvalue weighted by molar-refractivity contribution is 0.675. The third-order valence-electron chi connectivity index (χ3n) is 3.61. The molecule has 2 rings (SSSR count). The summed E-state index contributed by atoms with van der Waals surface area (Å²) in [6, 6.07) is 14.6. The van der Waals surface area contributed by atoms with Gasteiger partial charge in [-0.1, -0.05) is 42.3 Å². The molecule has 0 atom stereocenters. The van der Waals surface area contributed by atoms with Crippen molar-refractivity contribution in [3.05, 3.63) is 58.6 Å². The molecule has 3 heteroatoms. The molecule has 112 valence electrons. The van der Waals surface area contributed by atoms with Crippen LogP contribution < -0.4 is 10.2 Å². The van der Waals surface area contributed by atoms with Crippen LogP contribution in [0.5, 0.6) is 0 Å². The van der Waals surface area contributed by atoms with E-state index in [0.717, 1.165) is 35.8 Å². The molecule has 0 aliphatic carbocycles. The molecule has 1 N–H and O–H groups in total. The number of nitrogens with zero attached hydrogens (tertiary/aromatic N) is 1. The summed E-state index contributed by atoms with van der Waals surface area (Å²) in [4.78, 5) is 2.19. The number of hydrogen-bond donors (Lipinski definition) is 1. The van der Waals surface area contributed by atoms with Gasteiger partial charge >= 0.3 is 0 Å². The molecular weight excluding hydrogens is 280 g/mol. The average Bonchev–Trinajstić information content (AvgIpc) is 2.49. The van der Waals surface area contributed by atoms with Crippen molar-refractivity contribution in [3.63, 3.8) is 0 Å². The molecule has 0 bridgehead atoms. The first-order valence-electron chi connectivity index (χ1n) is 7.42. The number of aryl methyl sites for hydroxylation is 1. The maximum atomic E-state index is 6.40. The Labute approximate surface area is 132 Å². The minimum Gasteiger partial charge on any atom is -0.344 e. The number of halogens is 1. The molecule has 21 heavy (non-hydrogen) atoms. The predicted molar refractivity (Wildman–Crippen MR) is 92.7 cm³/mol. The Kier molecular flexibility index (Phi) is 5.66. The summed E-state index contributed by atoms with van der Waals surface area (Å²) in [5.74, 6) is 0. The van der Waals surface area contributed by atoms with Crippen molar-refractivity contribution in [2.24, 2.45) is 0 Å². The summed E-state index contributed by atoms with van der Waals surface area (Å²) in [5.41, 5.74) is 4.73. The van der Waals surface area contributed by atoms with Crippen LogP contribution in [0.2, 0.25) is 5.02 Å². The number of anilines is 2. The Balaban J connectivity index is 2.29. The third-order valence-corrected chi connectivity index (χ3v) is 3.96. The second kappa shape index (κ2) is 7.48. The predicted octanol–water partition coefficient (Wildman–Crippen LogP) is 4.92. The Hall–Kier alpha value is -1.51. The van der Waals surface area contributed by atoms with Gasteiger partial charge in [0.25, 0.3) is 0 Å². The molecule has 0 saturated heterocycles. The highest BCUT2D eigenvalue weighted by atomic mass is 35.5. The van der Waals surface area contributed by atoms with Crippen molar-refractivity contribution in [3.8, 4) is 0 Å². The molecule has 0 amide bonds. The zero-order chi connectivity index (χ0) is 15.2. The minimum atomic E-state index is 0.791. The lowest BCUT2D eigenvalue weighted by Crippen LogP contribution is -2.18. The summed E-state index contributed by atoms with van der Waals surface area (Å²) in [6.07, 6.45) is 1.12. The molecular formula is C18H23ClN2. The Bertz CT molecular complexity index is 578. The van der Waals surface area contributed by atoms with Crippen LogP contribution in [0.25, 0.3) is 0 Å². The van der Waals surface area contributed by atoms with Gasteiger partial charge in [-0.3, -0.25) is 0 Å². The minimum absolute atomic E-state index is 0.791. The van der Waals surface area contributed by atoms with Gasteiger partial charge in [0, 0.05) is 35.6 Å². The van der Waals surface area contributed by atoms with E-state index in [2.05, 4.69) is 61.4 Å². The maximum absolute atomic E-state index is 6.40. The van der Waals surface area contributed by atoms with Crippen molar-refractivity contribution in [2.75, 3.05) is 18.5 Å². The van der Waals surface area contributed by atoms with E-state index in [-0.39, 0.29) is 0 Å². The molecule has 2 aromatic carbocycles. The lowest BCUT2D eigenvalue weighted by Gasteiger charge is -2.24. The highest BCUT2D eigenvalue weighted by molar-refractivity contribution is 6.31. The molecule has 2 nitrogen and oxygen atoms in total. The van der Waals surface area contributed by atoms with E-state index in [1.165, 1.54) is 11.3 Å². The second-order valence-corrected chi connectivity index (χ2v) is 5.72. The molecule has 0 radical (unpaired) electrons. The van der Waals surface area contributed by atoms with E-state index >= 15 is 0 Å². The average molecular weight is 303 g/mol. The fourth-order valence-electron chi connectivity index (χ4n) is 2.33. The van der Waals surface area contributed by atoms with E-state index in [9.17, 15) is 0 Å². The molecule has 0 aromatic heterocycles. The van der Waals surface area contributed by atoms with Crippen LogP contribution in [0.15, 0.2) is 42.5 Å². The summed E-state index contributed by atoms with van der Waals surface area (Å²) < 4.78 is 0. The molecule has 0 unspecified atom stereocenters. The van der Waals surface area contributed by atoms with Crippen LogP contribution >= 0.6 is 11.6 Å². The quantitative estimate of drug-likeness (QED) is 0.762. The zero-order valence-electron chi connectivity index (χ0n) is 13.0. The highest BCUT2D eigenvalue weighted by Crippen LogP contribution is 2.31. The normalized spacial score (nSPS) is 10.7. The van der Waals surface area contributed by atoms with E-state index in [1.807, 2.05) is 12.1 Å². The zero-order valence-corrected chi connectivity index (χ0v) is 13.7. The molecule has 0 aliphatic heterocycles. The summed E-state index contributed by atoms with van der Waals surface area (Å²) in [5, 5.41) is 4.25. The van der Waals surface area contributed by atoms with Crippen LogP contribution in [0.4, 0.5) is 11.4 Å². The van der Waals surface area contributed by atoms with Crippen molar-refractivity contribution in [2.45, 2.75) is 26.8 Å². The van der Waals surface area contributed by atoms with Crippen LogP contribution in [-0.2, 0) is 6.54 Å². The van der Waals surface area contributed by atoms with Crippen LogP contribution in [0, 0.1) is 6.92 Å². The fraction of sp³-hybridized carbons (Fsp3) is 0.333. The number of hydrogen-bond acceptors (Lipinski definition) is 2. The fourth-order valence-corrected chi connectivity index (χ4v) is 2.57. The Morgan fingerprint density at radius 3 is 2.48 bits per heavy atom. The van der Waals surface area contributed by atoms with Gasteiger partial charge in [0.1, 0.15) is 0 Å². The van der Waals surface area contributed by atoms with Gasteiger partial charge in [0.15, 0.2) is 0 Å². The van der Waals surface area contributed by atoms with Crippen LogP contribution in [0.1, 0.15) is 24.5 Å². The van der Waals surface area contributed by atoms with Gasteiger partial charge in [-0.2, -0.15) is 0 Å². The molecule has 2 aromatic rings. The van der Waals surface area contributed by atoms with Gasteiger partial charge in [-0.05, 0) is 44.2 Å². The van der Waals surface area contributed by atoms with Gasteiger partial charge < -0.3 is 10.2 Å². The molecule has 0 fully saturated rings. The van der Waals surface area contributed by atoms with E-state index in [1.54, 1.807) is 0 Å². The second-order valence-electron chi connectivity index (χ2n) is 5.31. The molecule has 0 saturated carbocycles. The number of nitrogens with one attached hydrogen (secondary N) is 1. The van der Waals surface area contributed by atoms with E-state index in [0.29, 0.717) is 0 Å². The number of rotatable bonds is 6. The van der Waals surface area contributed by atoms with Crippen LogP contribution in [-0.4, -0.2) is 13.6 Å². The molecule has 0 spiro atoms.